The van der Waals surface area contributed by atoms with Gasteiger partial charge in [0.05, 0.1) is 0 Å². The summed E-state index contributed by atoms with van der Waals surface area (Å²) in [7, 11) is 0. The van der Waals surface area contributed by atoms with Crippen molar-refractivity contribution < 1.29 is 4.79 Å². The number of carbonyl (C=O) groups is 1. The summed E-state index contributed by atoms with van der Waals surface area (Å²) in [5.41, 5.74) is 0.312. The van der Waals surface area contributed by atoms with Gasteiger partial charge in [0.15, 0.2) is 0 Å². The van der Waals surface area contributed by atoms with Crippen LogP contribution in [-0.4, -0.2) is 17.3 Å². The minimum absolute atomic E-state index is 0.0355. The zero-order valence-corrected chi connectivity index (χ0v) is 9.86. The highest BCUT2D eigenvalue weighted by Crippen LogP contribution is 2.23. The highest BCUT2D eigenvalue weighted by molar-refractivity contribution is 9.09. The van der Waals surface area contributed by atoms with E-state index in [9.17, 15) is 4.79 Å². The molecule has 1 unspecified atom stereocenters. The van der Waals surface area contributed by atoms with E-state index < -0.39 is 0 Å². The Morgan fingerprint density at radius 3 is 2.33 bits per heavy atom. The summed E-state index contributed by atoms with van der Waals surface area (Å²) < 4.78 is 0. The highest BCUT2D eigenvalue weighted by atomic mass is 79.9. The average Bonchev–Trinajstić information content (AvgIpc) is 1.79. The molecule has 0 aliphatic rings. The van der Waals surface area contributed by atoms with Crippen LogP contribution >= 0.6 is 15.9 Å². The fourth-order valence-electron chi connectivity index (χ4n) is 0.991. The summed E-state index contributed by atoms with van der Waals surface area (Å²) in [4.78, 5) is 11.0. The first-order valence-electron chi connectivity index (χ1n) is 4.20. The summed E-state index contributed by atoms with van der Waals surface area (Å²) in [6.45, 7) is 8.82. The summed E-state index contributed by atoms with van der Waals surface area (Å²) >= 11 is 3.53. The van der Waals surface area contributed by atoms with Crippen LogP contribution in [0.5, 0.6) is 0 Å². The van der Waals surface area contributed by atoms with Gasteiger partial charge in [-0.15, -0.1) is 0 Å². The third-order valence-electron chi connectivity index (χ3n) is 1.41. The molecular weight excluding hydrogens is 218 g/mol. The molecule has 3 heteroatoms. The second kappa shape index (κ2) is 4.85. The van der Waals surface area contributed by atoms with E-state index in [1.54, 1.807) is 0 Å². The van der Waals surface area contributed by atoms with Crippen molar-refractivity contribution in [1.82, 2.24) is 5.32 Å². The lowest BCUT2D eigenvalue weighted by molar-refractivity contribution is -0.118. The van der Waals surface area contributed by atoms with Gasteiger partial charge in [-0.2, -0.15) is 0 Å². The zero-order valence-electron chi connectivity index (χ0n) is 8.28. The summed E-state index contributed by atoms with van der Waals surface area (Å²) in [6, 6.07) is 0. The molecule has 0 rings (SSSR count). The van der Waals surface area contributed by atoms with Crippen molar-refractivity contribution in [2.75, 3.05) is 6.54 Å². The lowest BCUT2D eigenvalue weighted by Crippen LogP contribution is -2.29. The SMILES string of the molecule is CC(=O)NCC(Br)CC(C)(C)C. The Labute approximate surface area is 83.2 Å². The summed E-state index contributed by atoms with van der Waals surface area (Å²) in [5, 5.41) is 2.78. The maximum Gasteiger partial charge on any atom is 0.216 e. The highest BCUT2D eigenvalue weighted by Gasteiger charge is 2.16. The van der Waals surface area contributed by atoms with E-state index in [0.717, 1.165) is 6.42 Å². The minimum atomic E-state index is 0.0355. The van der Waals surface area contributed by atoms with Crippen molar-refractivity contribution in [3.63, 3.8) is 0 Å². The Hall–Kier alpha value is -0.0500. The minimum Gasteiger partial charge on any atom is -0.355 e. The average molecular weight is 236 g/mol. The van der Waals surface area contributed by atoms with Crippen molar-refractivity contribution in [1.29, 1.82) is 0 Å². The number of halogens is 1. The van der Waals surface area contributed by atoms with Gasteiger partial charge in [0, 0.05) is 18.3 Å². The van der Waals surface area contributed by atoms with Crippen LogP contribution in [0.15, 0.2) is 0 Å². The second-order valence-electron chi connectivity index (χ2n) is 4.30. The molecule has 1 N–H and O–H groups in total. The van der Waals surface area contributed by atoms with Gasteiger partial charge in [-0.1, -0.05) is 36.7 Å². The van der Waals surface area contributed by atoms with E-state index in [4.69, 9.17) is 0 Å². The van der Waals surface area contributed by atoms with E-state index in [-0.39, 0.29) is 5.91 Å². The Balaban J connectivity index is 3.60. The number of hydrogen-bond acceptors (Lipinski definition) is 1. The molecule has 0 radical (unpaired) electrons. The Morgan fingerprint density at radius 2 is 2.00 bits per heavy atom. The van der Waals surface area contributed by atoms with Crippen LogP contribution in [0, 0.1) is 5.41 Å². The van der Waals surface area contributed by atoms with E-state index in [0.29, 0.717) is 16.8 Å². The fraction of sp³-hybridized carbons (Fsp3) is 0.889. The fourth-order valence-corrected chi connectivity index (χ4v) is 2.12. The molecule has 0 aromatic carbocycles. The quantitative estimate of drug-likeness (QED) is 0.748. The normalized spacial score (nSPS) is 14.1. The largest absolute Gasteiger partial charge is 0.355 e. The topological polar surface area (TPSA) is 29.1 Å². The molecule has 0 fully saturated rings. The number of amides is 1. The second-order valence-corrected chi connectivity index (χ2v) is 5.59. The van der Waals surface area contributed by atoms with Crippen LogP contribution in [0.3, 0.4) is 0 Å². The van der Waals surface area contributed by atoms with Crippen LogP contribution in [0.1, 0.15) is 34.1 Å². The lowest BCUT2D eigenvalue weighted by Gasteiger charge is -2.21. The van der Waals surface area contributed by atoms with E-state index in [1.165, 1.54) is 6.92 Å². The molecule has 0 heterocycles. The third kappa shape index (κ3) is 8.05. The molecule has 0 aromatic heterocycles. The third-order valence-corrected chi connectivity index (χ3v) is 2.05. The van der Waals surface area contributed by atoms with Crippen LogP contribution in [0.2, 0.25) is 0 Å². The smallest absolute Gasteiger partial charge is 0.216 e. The maximum absolute atomic E-state index is 10.6. The number of nitrogens with one attached hydrogen (secondary N) is 1. The maximum atomic E-state index is 10.6. The molecule has 1 amide bonds. The molecule has 0 aromatic rings. The van der Waals surface area contributed by atoms with Crippen molar-refractivity contribution >= 4 is 21.8 Å². The predicted molar refractivity (Wildman–Crippen MR) is 55.5 cm³/mol. The van der Waals surface area contributed by atoms with Gasteiger partial charge in [0.1, 0.15) is 0 Å². The number of alkyl halides is 1. The lowest BCUT2D eigenvalue weighted by atomic mass is 9.90. The molecule has 2 nitrogen and oxygen atoms in total. The van der Waals surface area contributed by atoms with Crippen LogP contribution in [0.4, 0.5) is 0 Å². The Kier molecular flexibility index (Phi) is 4.83. The first kappa shape index (κ1) is 11.9. The van der Waals surface area contributed by atoms with Gasteiger partial charge >= 0.3 is 0 Å². The van der Waals surface area contributed by atoms with Gasteiger partial charge in [0.25, 0.3) is 0 Å². The Morgan fingerprint density at radius 1 is 1.50 bits per heavy atom. The van der Waals surface area contributed by atoms with Gasteiger partial charge in [-0.05, 0) is 11.8 Å². The van der Waals surface area contributed by atoms with E-state index in [2.05, 4.69) is 42.0 Å². The van der Waals surface area contributed by atoms with Crippen molar-refractivity contribution in [2.24, 2.45) is 5.41 Å². The molecular formula is C9H18BrNO. The predicted octanol–water partition coefficient (Wildman–Crippen LogP) is 2.32. The van der Waals surface area contributed by atoms with Gasteiger partial charge in [-0.25, -0.2) is 0 Å². The zero-order chi connectivity index (χ0) is 9.78. The molecule has 1 atom stereocenters. The van der Waals surface area contributed by atoms with Gasteiger partial charge in [0.2, 0.25) is 5.91 Å². The van der Waals surface area contributed by atoms with E-state index >= 15 is 0 Å². The van der Waals surface area contributed by atoms with Crippen molar-refractivity contribution in [2.45, 2.75) is 38.9 Å². The van der Waals surface area contributed by atoms with Crippen LogP contribution < -0.4 is 5.32 Å². The first-order chi connectivity index (χ1) is 5.31. The summed E-state index contributed by atoms with van der Waals surface area (Å²) in [5.74, 6) is 0.0355. The first-order valence-corrected chi connectivity index (χ1v) is 5.11. The molecule has 0 aliphatic heterocycles. The van der Waals surface area contributed by atoms with E-state index in [1.807, 2.05) is 0 Å². The van der Waals surface area contributed by atoms with Crippen LogP contribution in [0.25, 0.3) is 0 Å². The van der Waals surface area contributed by atoms with Gasteiger partial charge < -0.3 is 5.32 Å². The molecule has 0 spiro atoms. The molecule has 0 bridgehead atoms. The Bertz CT molecular complexity index is 151. The molecule has 12 heavy (non-hydrogen) atoms. The monoisotopic (exact) mass is 235 g/mol. The molecule has 0 saturated carbocycles. The van der Waals surface area contributed by atoms with Crippen molar-refractivity contribution in [3.8, 4) is 0 Å². The number of carbonyl (C=O) groups excluding carboxylic acids is 1. The number of hydrogen-bond donors (Lipinski definition) is 1. The molecule has 72 valence electrons. The summed E-state index contributed by atoms with van der Waals surface area (Å²) in [6.07, 6.45) is 1.06. The molecule has 0 saturated heterocycles. The number of rotatable bonds is 3. The van der Waals surface area contributed by atoms with Gasteiger partial charge in [-0.3, -0.25) is 4.79 Å². The van der Waals surface area contributed by atoms with Crippen molar-refractivity contribution in [3.05, 3.63) is 0 Å². The van der Waals surface area contributed by atoms with Crippen LogP contribution in [-0.2, 0) is 4.79 Å². The molecule has 0 aliphatic carbocycles. The standard InChI is InChI=1S/C9H18BrNO/c1-7(12)11-6-8(10)5-9(2,3)4/h8H,5-6H2,1-4H3,(H,11,12).